The Morgan fingerprint density at radius 2 is 2.00 bits per heavy atom. The van der Waals surface area contributed by atoms with E-state index in [2.05, 4.69) is 5.32 Å². The molecule has 0 aromatic heterocycles. The number of ether oxygens (including phenoxy) is 2. The number of benzene rings is 1. The summed E-state index contributed by atoms with van der Waals surface area (Å²) in [5.74, 6) is 0.805. The van der Waals surface area contributed by atoms with Gasteiger partial charge < -0.3 is 14.8 Å². The van der Waals surface area contributed by atoms with Gasteiger partial charge in [0.1, 0.15) is 0 Å². The average Bonchev–Trinajstić information content (AvgIpc) is 2.64. The van der Waals surface area contributed by atoms with Crippen LogP contribution in [0, 0.1) is 5.92 Å². The van der Waals surface area contributed by atoms with Crippen LogP contribution in [0.25, 0.3) is 0 Å². The summed E-state index contributed by atoms with van der Waals surface area (Å²) in [6, 6.07) is 5.40. The lowest BCUT2D eigenvalue weighted by Gasteiger charge is -2.31. The Morgan fingerprint density at radius 3 is 2.58 bits per heavy atom. The van der Waals surface area contributed by atoms with Gasteiger partial charge >= 0.3 is 0 Å². The van der Waals surface area contributed by atoms with Crippen molar-refractivity contribution in [3.8, 4) is 11.5 Å². The fraction of sp³-hybridized carbons (Fsp3) is 0.611. The number of methoxy groups -OCH3 is 2. The third kappa shape index (κ3) is 4.88. The molecule has 0 bridgehead atoms. The number of rotatable bonds is 7. The van der Waals surface area contributed by atoms with Gasteiger partial charge in [0.15, 0.2) is 11.5 Å². The van der Waals surface area contributed by atoms with E-state index in [1.807, 2.05) is 25.1 Å². The predicted molar refractivity (Wildman–Crippen MR) is 99.9 cm³/mol. The fourth-order valence-electron chi connectivity index (χ4n) is 3.24. The van der Waals surface area contributed by atoms with E-state index in [0.717, 1.165) is 5.56 Å². The summed E-state index contributed by atoms with van der Waals surface area (Å²) in [7, 11) is -0.123. The van der Waals surface area contributed by atoms with Crippen molar-refractivity contribution in [2.75, 3.05) is 33.6 Å². The number of piperidine rings is 1. The van der Waals surface area contributed by atoms with Crippen LogP contribution in [0.3, 0.4) is 0 Å². The fourth-order valence-corrected chi connectivity index (χ4v) is 4.15. The first-order valence-corrected chi connectivity index (χ1v) is 10.6. The van der Waals surface area contributed by atoms with Gasteiger partial charge in [-0.25, -0.2) is 12.7 Å². The van der Waals surface area contributed by atoms with E-state index in [1.165, 1.54) is 10.6 Å². The van der Waals surface area contributed by atoms with Gasteiger partial charge in [0.05, 0.1) is 32.4 Å². The van der Waals surface area contributed by atoms with Crippen LogP contribution < -0.4 is 14.8 Å². The molecule has 2 rings (SSSR count). The van der Waals surface area contributed by atoms with Crippen molar-refractivity contribution in [2.45, 2.75) is 32.2 Å². The first-order chi connectivity index (χ1) is 12.3. The second-order valence-corrected chi connectivity index (χ2v) is 8.53. The zero-order valence-electron chi connectivity index (χ0n) is 15.8. The molecule has 146 valence electrons. The Balaban J connectivity index is 2.11. The number of hydrogen-bond donors (Lipinski definition) is 1. The predicted octanol–water partition coefficient (Wildman–Crippen LogP) is 1.94. The first-order valence-electron chi connectivity index (χ1n) is 8.77. The minimum atomic E-state index is -3.27. The van der Waals surface area contributed by atoms with Crippen LogP contribution in [-0.2, 0) is 14.8 Å². The zero-order chi connectivity index (χ0) is 19.3. The van der Waals surface area contributed by atoms with Gasteiger partial charge in [0.2, 0.25) is 15.9 Å². The molecule has 0 radical (unpaired) electrons. The summed E-state index contributed by atoms with van der Waals surface area (Å²) in [5.41, 5.74) is 0.925. The first kappa shape index (κ1) is 20.5. The molecule has 2 atom stereocenters. The lowest BCUT2D eigenvalue weighted by molar-refractivity contribution is -0.126. The van der Waals surface area contributed by atoms with E-state index in [9.17, 15) is 13.2 Å². The highest BCUT2D eigenvalue weighted by Gasteiger charge is 2.31. The molecule has 1 aromatic rings. The van der Waals surface area contributed by atoms with Gasteiger partial charge in [0, 0.05) is 13.1 Å². The number of carbonyl (C=O) groups is 1. The van der Waals surface area contributed by atoms with Gasteiger partial charge in [-0.05, 0) is 37.0 Å². The van der Waals surface area contributed by atoms with Gasteiger partial charge in [-0.1, -0.05) is 13.0 Å². The number of sulfonamides is 1. The molecule has 26 heavy (non-hydrogen) atoms. The van der Waals surface area contributed by atoms with Crippen molar-refractivity contribution in [3.05, 3.63) is 23.8 Å². The lowest BCUT2D eigenvalue weighted by atomic mass is 9.97. The smallest absolute Gasteiger partial charge is 0.224 e. The molecule has 1 N–H and O–H groups in total. The lowest BCUT2D eigenvalue weighted by Crippen LogP contribution is -2.45. The number of carbonyl (C=O) groups excluding carboxylic acids is 1. The topological polar surface area (TPSA) is 84.9 Å². The molecular formula is C18H28N2O5S. The zero-order valence-corrected chi connectivity index (χ0v) is 16.6. The Hall–Kier alpha value is -1.80. The van der Waals surface area contributed by atoms with E-state index in [-0.39, 0.29) is 24.4 Å². The molecule has 1 saturated heterocycles. The number of amides is 1. The Labute approximate surface area is 155 Å². The SMILES string of the molecule is CC[C@@H](NC(=O)[C@H]1CCCN(S(C)(=O)=O)C1)c1ccc(OC)c(OC)c1. The normalized spacial score (nSPS) is 19.6. The van der Waals surface area contributed by atoms with Crippen molar-refractivity contribution >= 4 is 15.9 Å². The van der Waals surface area contributed by atoms with Crippen LogP contribution in [0.1, 0.15) is 37.8 Å². The quantitative estimate of drug-likeness (QED) is 0.777. The third-order valence-electron chi connectivity index (χ3n) is 4.76. The molecule has 0 unspecified atom stereocenters. The Kier molecular flexibility index (Phi) is 6.88. The van der Waals surface area contributed by atoms with E-state index < -0.39 is 10.0 Å². The van der Waals surface area contributed by atoms with Crippen LogP contribution in [-0.4, -0.2) is 52.2 Å². The summed E-state index contributed by atoms with van der Waals surface area (Å²) in [4.78, 5) is 12.7. The van der Waals surface area contributed by atoms with E-state index in [4.69, 9.17) is 9.47 Å². The van der Waals surface area contributed by atoms with E-state index in [0.29, 0.717) is 37.3 Å². The molecule has 1 aliphatic rings. The van der Waals surface area contributed by atoms with Crippen LogP contribution in [0.2, 0.25) is 0 Å². The van der Waals surface area contributed by atoms with Crippen LogP contribution >= 0.6 is 0 Å². The minimum Gasteiger partial charge on any atom is -0.493 e. The maximum atomic E-state index is 12.7. The molecule has 7 nitrogen and oxygen atoms in total. The molecule has 1 aliphatic heterocycles. The van der Waals surface area contributed by atoms with Gasteiger partial charge in [0.25, 0.3) is 0 Å². The summed E-state index contributed by atoms with van der Waals surface area (Å²) in [6.07, 6.45) is 3.29. The van der Waals surface area contributed by atoms with E-state index in [1.54, 1.807) is 14.2 Å². The minimum absolute atomic E-state index is 0.111. The van der Waals surface area contributed by atoms with Crippen molar-refractivity contribution in [1.82, 2.24) is 9.62 Å². The monoisotopic (exact) mass is 384 g/mol. The summed E-state index contributed by atoms with van der Waals surface area (Å²) >= 11 is 0. The maximum absolute atomic E-state index is 12.7. The van der Waals surface area contributed by atoms with E-state index >= 15 is 0 Å². The Bertz CT molecular complexity index is 735. The van der Waals surface area contributed by atoms with Crippen LogP contribution in [0.5, 0.6) is 11.5 Å². The largest absolute Gasteiger partial charge is 0.493 e. The van der Waals surface area contributed by atoms with Crippen molar-refractivity contribution < 1.29 is 22.7 Å². The molecule has 0 spiro atoms. The molecule has 1 fully saturated rings. The third-order valence-corrected chi connectivity index (χ3v) is 6.03. The number of nitrogens with zero attached hydrogens (tertiary/aromatic N) is 1. The number of nitrogens with one attached hydrogen (secondary N) is 1. The van der Waals surface area contributed by atoms with Gasteiger partial charge in [-0.2, -0.15) is 0 Å². The highest BCUT2D eigenvalue weighted by molar-refractivity contribution is 7.88. The Morgan fingerprint density at radius 1 is 1.31 bits per heavy atom. The van der Waals surface area contributed by atoms with Crippen LogP contribution in [0.15, 0.2) is 18.2 Å². The second-order valence-electron chi connectivity index (χ2n) is 6.54. The van der Waals surface area contributed by atoms with Crippen LogP contribution in [0.4, 0.5) is 0 Å². The molecular weight excluding hydrogens is 356 g/mol. The average molecular weight is 384 g/mol. The summed E-state index contributed by atoms with van der Waals surface area (Å²) in [5, 5.41) is 3.06. The molecule has 1 aromatic carbocycles. The van der Waals surface area contributed by atoms with Crippen molar-refractivity contribution in [2.24, 2.45) is 5.92 Å². The summed E-state index contributed by atoms with van der Waals surface area (Å²) in [6.45, 7) is 2.72. The molecule has 8 heteroatoms. The second kappa shape index (κ2) is 8.73. The molecule has 1 amide bonds. The highest BCUT2D eigenvalue weighted by Crippen LogP contribution is 2.31. The van der Waals surface area contributed by atoms with Gasteiger partial charge in [-0.15, -0.1) is 0 Å². The molecule has 0 aliphatic carbocycles. The highest BCUT2D eigenvalue weighted by atomic mass is 32.2. The maximum Gasteiger partial charge on any atom is 0.224 e. The molecule has 1 heterocycles. The standard InChI is InChI=1S/C18H28N2O5S/c1-5-15(13-8-9-16(24-2)17(11-13)25-3)19-18(21)14-7-6-10-20(12-14)26(4,22)23/h8-9,11,14-15H,5-7,10,12H2,1-4H3,(H,19,21)/t14-,15+/m0/s1. The van der Waals surface area contributed by atoms with Gasteiger partial charge in [-0.3, -0.25) is 4.79 Å². The number of hydrogen-bond acceptors (Lipinski definition) is 5. The van der Waals surface area contributed by atoms with Crippen molar-refractivity contribution in [1.29, 1.82) is 0 Å². The summed E-state index contributed by atoms with van der Waals surface area (Å²) < 4.78 is 35.5. The van der Waals surface area contributed by atoms with Crippen molar-refractivity contribution in [3.63, 3.8) is 0 Å². The molecule has 0 saturated carbocycles.